The van der Waals surface area contributed by atoms with Gasteiger partial charge in [0, 0.05) is 57.2 Å². The zero-order chi connectivity index (χ0) is 41.9. The smallest absolute Gasteiger partial charge is 0.417 e. The van der Waals surface area contributed by atoms with Gasteiger partial charge in [0.05, 0.1) is 29.4 Å². The van der Waals surface area contributed by atoms with Crippen molar-refractivity contribution < 1.29 is 37.1 Å². The second kappa shape index (κ2) is 17.4. The van der Waals surface area contributed by atoms with Gasteiger partial charge in [0.1, 0.15) is 17.9 Å². The van der Waals surface area contributed by atoms with Gasteiger partial charge in [0.15, 0.2) is 10.9 Å². The summed E-state index contributed by atoms with van der Waals surface area (Å²) in [5.41, 5.74) is 0.382. The average molecular weight is 817 g/mol. The number of ketones is 1. The molecular formula is C43H47F3N6O5S. The van der Waals surface area contributed by atoms with Crippen LogP contribution < -0.4 is 19.9 Å². The maximum Gasteiger partial charge on any atom is 0.417 e. The minimum absolute atomic E-state index is 0.0216. The van der Waals surface area contributed by atoms with Crippen LogP contribution in [0.1, 0.15) is 74.3 Å². The number of hydrogen-bond acceptors (Lipinski definition) is 9. The molecule has 306 valence electrons. The van der Waals surface area contributed by atoms with Gasteiger partial charge in [-0.15, -0.1) is 0 Å². The number of nitriles is 1. The van der Waals surface area contributed by atoms with Gasteiger partial charge in [-0.05, 0) is 97.9 Å². The third kappa shape index (κ3) is 9.41. The van der Waals surface area contributed by atoms with E-state index in [2.05, 4.69) is 15.1 Å². The molecule has 0 saturated carbocycles. The van der Waals surface area contributed by atoms with E-state index in [1.54, 1.807) is 30.9 Å². The van der Waals surface area contributed by atoms with Gasteiger partial charge >= 0.3 is 6.18 Å². The summed E-state index contributed by atoms with van der Waals surface area (Å²) in [5, 5.41) is 11.7. The van der Waals surface area contributed by atoms with Gasteiger partial charge < -0.3 is 9.64 Å². The van der Waals surface area contributed by atoms with Crippen LogP contribution in [0.2, 0.25) is 0 Å². The summed E-state index contributed by atoms with van der Waals surface area (Å²) >= 11 is 5.74. The van der Waals surface area contributed by atoms with Crippen LogP contribution in [0.3, 0.4) is 0 Å². The monoisotopic (exact) mass is 816 g/mol. The molecule has 3 aliphatic heterocycles. The maximum atomic E-state index is 13.8. The van der Waals surface area contributed by atoms with Crippen molar-refractivity contribution in [1.82, 2.24) is 15.1 Å². The Bertz CT molecular complexity index is 2140. The number of carbonyl (C=O) groups excluding carboxylic acids is 4. The van der Waals surface area contributed by atoms with Crippen LogP contribution in [-0.4, -0.2) is 89.8 Å². The molecule has 0 bridgehead atoms. The van der Waals surface area contributed by atoms with E-state index in [0.717, 1.165) is 59.9 Å². The van der Waals surface area contributed by atoms with Crippen LogP contribution in [0.5, 0.6) is 5.75 Å². The number of piperazine rings is 1. The average Bonchev–Trinajstić information content (AvgIpc) is 3.34. The number of carbonyl (C=O) groups is 4. The molecule has 1 unspecified atom stereocenters. The largest absolute Gasteiger partial charge is 0.492 e. The third-order valence-corrected chi connectivity index (χ3v) is 11.4. The lowest BCUT2D eigenvalue weighted by Gasteiger charge is -2.34. The van der Waals surface area contributed by atoms with Crippen molar-refractivity contribution in [3.63, 3.8) is 0 Å². The molecule has 0 aromatic heterocycles. The van der Waals surface area contributed by atoms with E-state index in [1.165, 1.54) is 6.07 Å². The number of hydrogen-bond donors (Lipinski definition) is 1. The number of ether oxygens (including phenoxy) is 1. The minimum Gasteiger partial charge on any atom is -0.492 e. The number of amides is 3. The van der Waals surface area contributed by atoms with Crippen molar-refractivity contribution in [2.24, 2.45) is 5.92 Å². The predicted octanol–water partition coefficient (Wildman–Crippen LogP) is 6.02. The molecular weight excluding hydrogens is 770 g/mol. The number of anilines is 2. The first-order valence-electron chi connectivity index (χ1n) is 19.4. The fourth-order valence-electron chi connectivity index (χ4n) is 7.79. The number of piperidine rings is 1. The van der Waals surface area contributed by atoms with E-state index in [-0.39, 0.29) is 40.2 Å². The van der Waals surface area contributed by atoms with Crippen molar-refractivity contribution >= 4 is 52.2 Å². The van der Waals surface area contributed by atoms with Crippen LogP contribution >= 0.6 is 12.2 Å². The molecule has 1 N–H and O–H groups in total. The molecule has 1 atom stereocenters. The molecule has 15 heteroatoms. The van der Waals surface area contributed by atoms with Crippen molar-refractivity contribution in [2.75, 3.05) is 55.7 Å². The first-order valence-corrected chi connectivity index (χ1v) is 19.8. The standard InChI is InChI=1S/C43H47F3N6O5S/c1-27(2)35-23-33(52-41(58)51(40(56)42(52,3)4)32-10-8-31(25-47)36(24-32)43(44,45)46)11-12-37(35)57-19-18-49-14-16-50(17-15-49)26-34(53)22-29-7-5-6-28(20-29)21-30-9-13-38(54)48-39(30)55/h5-8,10-12,20,23-24,27,30H,9,13-19,21-22,26H2,1-4H3,(H,48,54,55). The van der Waals surface area contributed by atoms with E-state index < -0.39 is 28.7 Å². The highest BCUT2D eigenvalue weighted by atomic mass is 32.1. The highest BCUT2D eigenvalue weighted by Crippen LogP contribution is 2.41. The van der Waals surface area contributed by atoms with Crippen molar-refractivity contribution in [3.8, 4) is 11.8 Å². The summed E-state index contributed by atoms with van der Waals surface area (Å²) < 4.78 is 47.7. The van der Waals surface area contributed by atoms with Gasteiger partial charge in [-0.2, -0.15) is 18.4 Å². The Morgan fingerprint density at radius 3 is 2.34 bits per heavy atom. The first kappa shape index (κ1) is 42.4. The molecule has 3 aromatic rings. The molecule has 3 fully saturated rings. The van der Waals surface area contributed by atoms with E-state index in [0.29, 0.717) is 56.8 Å². The van der Waals surface area contributed by atoms with Crippen LogP contribution in [0.25, 0.3) is 0 Å². The molecule has 3 amide bonds. The zero-order valence-corrected chi connectivity index (χ0v) is 33.8. The Morgan fingerprint density at radius 1 is 0.983 bits per heavy atom. The number of nitrogens with one attached hydrogen (secondary N) is 1. The van der Waals surface area contributed by atoms with E-state index in [9.17, 15) is 37.6 Å². The number of Topliss-reactive ketones (excluding diaryl/α,β-unsaturated/α-hetero) is 1. The maximum absolute atomic E-state index is 13.8. The lowest BCUT2D eigenvalue weighted by molar-refractivity contribution is -0.138. The normalized spacial score (nSPS) is 19.1. The van der Waals surface area contributed by atoms with Crippen molar-refractivity contribution in [3.05, 3.63) is 88.5 Å². The summed E-state index contributed by atoms with van der Waals surface area (Å²) in [5.74, 6) is -0.382. The summed E-state index contributed by atoms with van der Waals surface area (Å²) in [6, 6.07) is 18.0. The van der Waals surface area contributed by atoms with Gasteiger partial charge in [0.2, 0.25) is 11.8 Å². The summed E-state index contributed by atoms with van der Waals surface area (Å²) in [6.07, 6.45) is -3.08. The van der Waals surface area contributed by atoms with Crippen LogP contribution in [-0.2, 0) is 38.2 Å². The predicted molar refractivity (Wildman–Crippen MR) is 216 cm³/mol. The molecule has 3 aliphatic rings. The number of imide groups is 1. The molecule has 3 saturated heterocycles. The van der Waals surface area contributed by atoms with Gasteiger partial charge in [-0.1, -0.05) is 38.1 Å². The van der Waals surface area contributed by atoms with E-state index in [4.69, 9.17) is 17.0 Å². The fraction of sp³-hybridized carbons (Fsp3) is 0.442. The number of thiocarbonyl (C=S) groups is 1. The highest BCUT2D eigenvalue weighted by molar-refractivity contribution is 7.81. The van der Waals surface area contributed by atoms with Gasteiger partial charge in [-0.25, -0.2) is 0 Å². The quantitative estimate of drug-likeness (QED) is 0.162. The molecule has 3 heterocycles. The second-order valence-electron chi connectivity index (χ2n) is 15.9. The Kier molecular flexibility index (Phi) is 12.7. The number of rotatable bonds is 13. The summed E-state index contributed by atoms with van der Waals surface area (Å²) in [6.45, 7) is 11.9. The van der Waals surface area contributed by atoms with Crippen molar-refractivity contribution in [2.45, 2.75) is 71.0 Å². The molecule has 6 rings (SSSR count). The molecule has 0 spiro atoms. The van der Waals surface area contributed by atoms with Gasteiger partial charge in [0.25, 0.3) is 5.91 Å². The lowest BCUT2D eigenvalue weighted by Crippen LogP contribution is -2.48. The highest BCUT2D eigenvalue weighted by Gasteiger charge is 2.51. The SMILES string of the molecule is CC(C)c1cc(N2C(=S)N(c3ccc(C#N)c(C(F)(F)F)c3)C(=O)C2(C)C)ccc1OCCN1CCN(CC(=O)Cc2cccc(CC3CCC(=O)NC3=O)c2)CC1. The fourth-order valence-corrected chi connectivity index (χ4v) is 8.31. The third-order valence-electron chi connectivity index (χ3n) is 11.0. The van der Waals surface area contributed by atoms with E-state index in [1.807, 2.05) is 50.2 Å². The molecule has 3 aromatic carbocycles. The number of halogens is 3. The Morgan fingerprint density at radius 2 is 1.67 bits per heavy atom. The molecule has 58 heavy (non-hydrogen) atoms. The molecule has 11 nitrogen and oxygen atoms in total. The topological polar surface area (TPSA) is 126 Å². The summed E-state index contributed by atoms with van der Waals surface area (Å²) in [7, 11) is 0. The number of benzene rings is 3. The van der Waals surface area contributed by atoms with Gasteiger partial charge in [-0.3, -0.25) is 39.2 Å². The Labute approximate surface area is 341 Å². The van der Waals surface area contributed by atoms with Crippen LogP contribution in [0, 0.1) is 17.2 Å². The molecule has 0 aliphatic carbocycles. The minimum atomic E-state index is -4.79. The van der Waals surface area contributed by atoms with Crippen LogP contribution in [0.4, 0.5) is 24.5 Å². The number of alkyl halides is 3. The lowest BCUT2D eigenvalue weighted by atomic mass is 9.90. The zero-order valence-electron chi connectivity index (χ0n) is 33.0. The summed E-state index contributed by atoms with van der Waals surface area (Å²) in [4.78, 5) is 57.6. The Balaban J connectivity index is 1.01. The van der Waals surface area contributed by atoms with Crippen LogP contribution in [0.15, 0.2) is 60.7 Å². The molecule has 0 radical (unpaired) electrons. The van der Waals surface area contributed by atoms with E-state index >= 15 is 0 Å². The number of nitrogens with zero attached hydrogens (tertiary/aromatic N) is 5. The second-order valence-corrected chi connectivity index (χ2v) is 16.3. The first-order chi connectivity index (χ1) is 27.5. The Hall–Kier alpha value is -5.17. The van der Waals surface area contributed by atoms with Crippen molar-refractivity contribution in [1.29, 1.82) is 5.26 Å².